The molecule has 0 heterocycles. The Kier molecular flexibility index (Phi) is 8.79. The first-order chi connectivity index (χ1) is 12.8. The molecule has 1 aromatic carbocycles. The Bertz CT molecular complexity index is 684. The molecule has 0 aliphatic carbocycles. The summed E-state index contributed by atoms with van der Waals surface area (Å²) in [5.41, 5.74) is 0.800. The normalized spacial score (nSPS) is 13.7. The highest BCUT2D eigenvalue weighted by Crippen LogP contribution is 2.10. The van der Waals surface area contributed by atoms with E-state index in [2.05, 4.69) is 10.6 Å². The number of hydrogen-bond acceptors (Lipinski definition) is 5. The molecule has 2 amide bonds. The summed E-state index contributed by atoms with van der Waals surface area (Å²) in [6, 6.07) is 8.77. The van der Waals surface area contributed by atoms with Crippen LogP contribution < -0.4 is 10.6 Å². The Morgan fingerprint density at radius 1 is 1.11 bits per heavy atom. The summed E-state index contributed by atoms with van der Waals surface area (Å²) in [6.07, 6.45) is -0.791. The second-order valence-electron chi connectivity index (χ2n) is 6.59. The number of nitriles is 1. The molecule has 0 aliphatic heterocycles. The first kappa shape index (κ1) is 22.0. The fraction of sp³-hybridized carbons (Fsp3) is 0.474. The van der Waals surface area contributed by atoms with Crippen molar-refractivity contribution in [2.45, 2.75) is 45.9 Å². The van der Waals surface area contributed by atoms with Crippen molar-refractivity contribution < 1.29 is 24.2 Å². The number of hydrogen-bond donors (Lipinski definition) is 3. The minimum atomic E-state index is -1.24. The molecule has 3 N–H and O–H groups in total. The maximum absolute atomic E-state index is 12.5. The second kappa shape index (κ2) is 10.8. The number of carbonyl (C=O) groups excluding carboxylic acids is 2. The van der Waals surface area contributed by atoms with Crippen molar-refractivity contribution in [2.75, 3.05) is 0 Å². The maximum atomic E-state index is 12.5. The molecular weight excluding hydrogens is 350 g/mol. The summed E-state index contributed by atoms with van der Waals surface area (Å²) in [6.45, 7) is 5.05. The predicted molar refractivity (Wildman–Crippen MR) is 97.3 cm³/mol. The van der Waals surface area contributed by atoms with Crippen molar-refractivity contribution in [3.05, 3.63) is 35.9 Å². The highest BCUT2D eigenvalue weighted by Gasteiger charge is 2.31. The van der Waals surface area contributed by atoms with Crippen LogP contribution in [0.25, 0.3) is 0 Å². The van der Waals surface area contributed by atoms with E-state index in [4.69, 9.17) is 10.00 Å². The van der Waals surface area contributed by atoms with Gasteiger partial charge in [0.25, 0.3) is 0 Å². The average molecular weight is 375 g/mol. The summed E-state index contributed by atoms with van der Waals surface area (Å²) in [5.74, 6) is -2.75. The zero-order chi connectivity index (χ0) is 20.4. The van der Waals surface area contributed by atoms with Crippen LogP contribution in [0.4, 0.5) is 4.79 Å². The maximum Gasteiger partial charge on any atom is 0.408 e. The van der Waals surface area contributed by atoms with E-state index >= 15 is 0 Å². The predicted octanol–water partition coefficient (Wildman–Crippen LogP) is 2.06. The molecular formula is C19H25N3O5. The average Bonchev–Trinajstić information content (AvgIpc) is 2.62. The van der Waals surface area contributed by atoms with Gasteiger partial charge in [-0.05, 0) is 11.5 Å². The van der Waals surface area contributed by atoms with Crippen LogP contribution in [0.15, 0.2) is 30.3 Å². The van der Waals surface area contributed by atoms with E-state index in [0.29, 0.717) is 0 Å². The third-order valence-corrected chi connectivity index (χ3v) is 3.98. The molecule has 0 spiro atoms. The first-order valence-corrected chi connectivity index (χ1v) is 8.63. The van der Waals surface area contributed by atoms with Gasteiger partial charge < -0.3 is 20.5 Å². The Balaban J connectivity index is 2.70. The van der Waals surface area contributed by atoms with E-state index in [0.717, 1.165) is 5.56 Å². The number of carbonyl (C=O) groups is 3. The number of ether oxygens (including phenoxy) is 1. The van der Waals surface area contributed by atoms with E-state index in [1.807, 2.05) is 24.3 Å². The van der Waals surface area contributed by atoms with Gasteiger partial charge in [-0.3, -0.25) is 4.79 Å². The second-order valence-corrected chi connectivity index (χ2v) is 6.59. The molecule has 0 fully saturated rings. The molecule has 27 heavy (non-hydrogen) atoms. The van der Waals surface area contributed by atoms with E-state index in [1.165, 1.54) is 0 Å². The van der Waals surface area contributed by atoms with Gasteiger partial charge in [0.2, 0.25) is 5.91 Å². The van der Waals surface area contributed by atoms with Crippen LogP contribution in [0.2, 0.25) is 0 Å². The lowest BCUT2D eigenvalue weighted by molar-refractivity contribution is -0.143. The molecule has 0 saturated heterocycles. The molecule has 0 bridgehead atoms. The van der Waals surface area contributed by atoms with Crippen LogP contribution in [-0.4, -0.2) is 35.2 Å². The zero-order valence-corrected chi connectivity index (χ0v) is 15.6. The monoisotopic (exact) mass is 375 g/mol. The largest absolute Gasteiger partial charge is 0.480 e. The summed E-state index contributed by atoms with van der Waals surface area (Å²) in [4.78, 5) is 35.9. The zero-order valence-electron chi connectivity index (χ0n) is 15.6. The lowest BCUT2D eigenvalue weighted by Crippen LogP contribution is -2.55. The number of nitrogens with one attached hydrogen (secondary N) is 2. The van der Waals surface area contributed by atoms with E-state index in [-0.39, 0.29) is 18.9 Å². The van der Waals surface area contributed by atoms with Gasteiger partial charge in [0.15, 0.2) is 0 Å². The van der Waals surface area contributed by atoms with Gasteiger partial charge in [-0.2, -0.15) is 5.26 Å². The fourth-order valence-corrected chi connectivity index (χ4v) is 2.38. The topological polar surface area (TPSA) is 129 Å². The molecule has 1 rings (SSSR count). The smallest absolute Gasteiger partial charge is 0.408 e. The van der Waals surface area contributed by atoms with Gasteiger partial charge in [-0.15, -0.1) is 0 Å². The van der Waals surface area contributed by atoms with Crippen molar-refractivity contribution in [3.8, 4) is 6.07 Å². The summed E-state index contributed by atoms with van der Waals surface area (Å²) < 4.78 is 5.11. The summed E-state index contributed by atoms with van der Waals surface area (Å²) >= 11 is 0. The number of alkyl carbamates (subject to hydrolysis) is 1. The lowest BCUT2D eigenvalue weighted by atomic mass is 9.97. The van der Waals surface area contributed by atoms with Crippen molar-refractivity contribution in [2.24, 2.45) is 11.8 Å². The summed E-state index contributed by atoms with van der Waals surface area (Å²) in [5, 5.41) is 22.9. The van der Waals surface area contributed by atoms with E-state index in [1.54, 1.807) is 32.9 Å². The van der Waals surface area contributed by atoms with Gasteiger partial charge >= 0.3 is 12.1 Å². The Labute approximate surface area is 158 Å². The van der Waals surface area contributed by atoms with Gasteiger partial charge in [0.1, 0.15) is 18.7 Å². The molecule has 3 atom stereocenters. The third-order valence-electron chi connectivity index (χ3n) is 3.98. The minimum Gasteiger partial charge on any atom is -0.480 e. The third kappa shape index (κ3) is 7.36. The number of rotatable bonds is 9. The van der Waals surface area contributed by atoms with Crippen molar-refractivity contribution >= 4 is 18.0 Å². The lowest BCUT2D eigenvalue weighted by Gasteiger charge is -2.25. The van der Waals surface area contributed by atoms with Gasteiger partial charge in [0.05, 0.1) is 6.07 Å². The van der Waals surface area contributed by atoms with Crippen LogP contribution in [0, 0.1) is 23.2 Å². The van der Waals surface area contributed by atoms with Crippen molar-refractivity contribution in [1.29, 1.82) is 5.26 Å². The number of carboxylic acids is 1. The molecule has 0 saturated carbocycles. The molecule has 0 aliphatic rings. The minimum absolute atomic E-state index is 0.0177. The number of benzene rings is 1. The quantitative estimate of drug-likeness (QED) is 0.606. The summed E-state index contributed by atoms with van der Waals surface area (Å²) in [7, 11) is 0. The molecule has 146 valence electrons. The molecule has 0 aromatic heterocycles. The van der Waals surface area contributed by atoms with Gasteiger partial charge in [0, 0.05) is 12.3 Å². The molecule has 0 radical (unpaired) electrons. The fourth-order valence-electron chi connectivity index (χ4n) is 2.38. The van der Waals surface area contributed by atoms with E-state index in [9.17, 15) is 19.5 Å². The van der Waals surface area contributed by atoms with Crippen LogP contribution in [0.3, 0.4) is 0 Å². The molecule has 0 unspecified atom stereocenters. The van der Waals surface area contributed by atoms with Gasteiger partial charge in [-0.1, -0.05) is 51.1 Å². The van der Waals surface area contributed by atoms with Crippen LogP contribution in [-0.2, 0) is 20.9 Å². The number of amides is 2. The van der Waals surface area contributed by atoms with Crippen LogP contribution in [0.1, 0.15) is 32.8 Å². The number of carboxylic acid groups (broad SMARTS) is 1. The standard InChI is InChI=1S/C19H25N3O5/c1-12(2)15(17(23)21-16(18(24)25)13(3)9-10-20)22-19(26)27-11-14-7-5-4-6-8-14/h4-8,12-13,15-16H,9,11H2,1-3H3,(H,21,23)(H,22,26)(H,24,25)/t13-,15-,16+/m1/s1. The molecule has 8 nitrogen and oxygen atoms in total. The first-order valence-electron chi connectivity index (χ1n) is 8.63. The van der Waals surface area contributed by atoms with Crippen molar-refractivity contribution in [3.63, 3.8) is 0 Å². The SMILES string of the molecule is CC(C)[C@@H](NC(=O)OCc1ccccc1)C(=O)N[C@H](C(=O)O)[C@H](C)CC#N. The van der Waals surface area contributed by atoms with Gasteiger partial charge in [-0.25, -0.2) is 9.59 Å². The Morgan fingerprint density at radius 3 is 2.26 bits per heavy atom. The Morgan fingerprint density at radius 2 is 1.74 bits per heavy atom. The highest BCUT2D eigenvalue weighted by atomic mass is 16.5. The molecule has 8 heteroatoms. The van der Waals surface area contributed by atoms with E-state index < -0.39 is 36.0 Å². The van der Waals surface area contributed by atoms with Crippen molar-refractivity contribution in [1.82, 2.24) is 10.6 Å². The van der Waals surface area contributed by atoms with Crippen LogP contribution in [0.5, 0.6) is 0 Å². The number of aliphatic carboxylic acids is 1. The number of nitrogens with zero attached hydrogens (tertiary/aromatic N) is 1. The molecule has 1 aromatic rings. The Hall–Kier alpha value is -3.08. The highest BCUT2D eigenvalue weighted by molar-refractivity contribution is 5.89. The van der Waals surface area contributed by atoms with Crippen LogP contribution >= 0.6 is 0 Å².